The van der Waals surface area contributed by atoms with E-state index in [2.05, 4.69) is 5.32 Å². The van der Waals surface area contributed by atoms with Gasteiger partial charge in [-0.15, -0.1) is 0 Å². The van der Waals surface area contributed by atoms with E-state index in [0.29, 0.717) is 17.8 Å². The highest BCUT2D eigenvalue weighted by Crippen LogP contribution is 2.23. The van der Waals surface area contributed by atoms with Crippen molar-refractivity contribution in [3.8, 4) is 0 Å². The molecule has 2 aromatic carbocycles. The number of rotatable bonds is 7. The van der Waals surface area contributed by atoms with Gasteiger partial charge in [-0.2, -0.15) is 11.8 Å². The van der Waals surface area contributed by atoms with Crippen molar-refractivity contribution in [2.24, 2.45) is 0 Å². The number of benzene rings is 2. The largest absolute Gasteiger partial charge is 0.326 e. The van der Waals surface area contributed by atoms with Crippen molar-refractivity contribution in [1.82, 2.24) is 0 Å². The summed E-state index contributed by atoms with van der Waals surface area (Å²) in [6, 6.07) is 15.1. The van der Waals surface area contributed by atoms with Gasteiger partial charge in [0.2, 0.25) is 5.91 Å². The van der Waals surface area contributed by atoms with Gasteiger partial charge < -0.3 is 5.32 Å². The van der Waals surface area contributed by atoms with Crippen LogP contribution in [-0.4, -0.2) is 33.4 Å². The number of carbonyl (C=O) groups excluding carboxylic acids is 1. The Morgan fingerprint density at radius 2 is 1.83 bits per heavy atom. The Hall–Kier alpha value is -1.99. The van der Waals surface area contributed by atoms with Crippen molar-refractivity contribution in [2.45, 2.75) is 11.3 Å². The van der Waals surface area contributed by atoms with Gasteiger partial charge in [0.25, 0.3) is 10.0 Å². The van der Waals surface area contributed by atoms with E-state index < -0.39 is 10.0 Å². The van der Waals surface area contributed by atoms with Crippen molar-refractivity contribution in [3.05, 3.63) is 54.6 Å². The Kier molecular flexibility index (Phi) is 6.28. The molecule has 24 heavy (non-hydrogen) atoms. The summed E-state index contributed by atoms with van der Waals surface area (Å²) in [6.07, 6.45) is 2.32. The molecule has 7 heteroatoms. The lowest BCUT2D eigenvalue weighted by Gasteiger charge is -2.19. The molecule has 0 saturated carbocycles. The molecule has 0 unspecified atom stereocenters. The predicted molar refractivity (Wildman–Crippen MR) is 100 cm³/mol. The van der Waals surface area contributed by atoms with Crippen LogP contribution in [0.4, 0.5) is 11.4 Å². The number of nitrogens with zero attached hydrogens (tertiary/aromatic N) is 1. The van der Waals surface area contributed by atoms with Gasteiger partial charge in [-0.3, -0.25) is 9.10 Å². The number of carbonyl (C=O) groups is 1. The number of para-hydroxylation sites is 1. The fourth-order valence-corrected chi connectivity index (χ4v) is 3.72. The van der Waals surface area contributed by atoms with Gasteiger partial charge in [-0.05, 0) is 36.6 Å². The lowest BCUT2D eigenvalue weighted by molar-refractivity contribution is -0.115. The maximum Gasteiger partial charge on any atom is 0.264 e. The van der Waals surface area contributed by atoms with Crippen molar-refractivity contribution >= 4 is 39.1 Å². The number of amides is 1. The Morgan fingerprint density at radius 3 is 2.50 bits per heavy atom. The summed E-state index contributed by atoms with van der Waals surface area (Å²) in [5, 5.41) is 2.73. The zero-order chi connectivity index (χ0) is 17.6. The van der Waals surface area contributed by atoms with Crippen LogP contribution < -0.4 is 9.62 Å². The van der Waals surface area contributed by atoms with Crippen molar-refractivity contribution in [1.29, 1.82) is 0 Å². The summed E-state index contributed by atoms with van der Waals surface area (Å²) in [6.45, 7) is 0. The van der Waals surface area contributed by atoms with Gasteiger partial charge in [0.15, 0.2) is 0 Å². The van der Waals surface area contributed by atoms with Crippen molar-refractivity contribution < 1.29 is 13.2 Å². The van der Waals surface area contributed by atoms with E-state index in [1.807, 2.05) is 12.3 Å². The van der Waals surface area contributed by atoms with Crippen LogP contribution in [0.3, 0.4) is 0 Å². The van der Waals surface area contributed by atoms with Gasteiger partial charge in [0, 0.05) is 24.9 Å². The number of anilines is 2. The third kappa shape index (κ3) is 4.52. The number of hydrogen-bond donors (Lipinski definition) is 1. The molecule has 0 aliphatic carbocycles. The number of hydrogen-bond acceptors (Lipinski definition) is 4. The van der Waals surface area contributed by atoms with Gasteiger partial charge in [-0.1, -0.05) is 24.3 Å². The summed E-state index contributed by atoms with van der Waals surface area (Å²) < 4.78 is 26.7. The molecule has 128 valence electrons. The van der Waals surface area contributed by atoms with Crippen LogP contribution in [0.1, 0.15) is 6.42 Å². The van der Waals surface area contributed by atoms with E-state index in [-0.39, 0.29) is 10.8 Å². The Morgan fingerprint density at radius 1 is 1.12 bits per heavy atom. The van der Waals surface area contributed by atoms with Crippen LogP contribution >= 0.6 is 11.8 Å². The highest BCUT2D eigenvalue weighted by molar-refractivity contribution is 7.98. The number of thioether (sulfide) groups is 1. The molecule has 0 heterocycles. The lowest BCUT2D eigenvalue weighted by atomic mass is 10.3. The van der Waals surface area contributed by atoms with Gasteiger partial charge in [0.05, 0.1) is 10.6 Å². The van der Waals surface area contributed by atoms with Gasteiger partial charge >= 0.3 is 0 Å². The lowest BCUT2D eigenvalue weighted by Crippen LogP contribution is -2.26. The molecule has 0 spiro atoms. The molecule has 0 bridgehead atoms. The van der Waals surface area contributed by atoms with Crippen LogP contribution in [0.15, 0.2) is 59.5 Å². The fraction of sp³-hybridized carbons (Fsp3) is 0.235. The zero-order valence-electron chi connectivity index (χ0n) is 13.6. The molecule has 0 aliphatic heterocycles. The molecule has 2 aromatic rings. The Balaban J connectivity index is 2.22. The second kappa shape index (κ2) is 8.21. The second-order valence-corrected chi connectivity index (χ2v) is 8.08. The minimum atomic E-state index is -3.69. The first-order valence-electron chi connectivity index (χ1n) is 7.38. The van der Waals surface area contributed by atoms with Crippen molar-refractivity contribution in [2.75, 3.05) is 28.7 Å². The smallest absolute Gasteiger partial charge is 0.264 e. The van der Waals surface area contributed by atoms with Crippen LogP contribution in [0.2, 0.25) is 0 Å². The average Bonchev–Trinajstić information content (AvgIpc) is 2.60. The minimum Gasteiger partial charge on any atom is -0.326 e. The standard InChI is InChI=1S/C17H20N2O3S2/c1-19(15-8-4-3-5-9-15)24(21,22)16-10-6-7-14(13-16)18-17(20)11-12-23-2/h3-10,13H,11-12H2,1-2H3,(H,18,20). The molecule has 0 aromatic heterocycles. The third-order valence-corrected chi connectivity index (χ3v) is 5.82. The Labute approximate surface area is 147 Å². The molecule has 0 fully saturated rings. The van der Waals surface area contributed by atoms with E-state index in [4.69, 9.17) is 0 Å². The monoisotopic (exact) mass is 364 g/mol. The minimum absolute atomic E-state index is 0.129. The molecule has 0 aliphatic rings. The highest BCUT2D eigenvalue weighted by Gasteiger charge is 2.21. The number of sulfonamides is 1. The maximum atomic E-state index is 12.8. The first-order valence-corrected chi connectivity index (χ1v) is 10.2. The quantitative estimate of drug-likeness (QED) is 0.819. The molecule has 0 saturated heterocycles. The van der Waals surface area contributed by atoms with Crippen LogP contribution in [0.25, 0.3) is 0 Å². The molecular weight excluding hydrogens is 344 g/mol. The second-order valence-electron chi connectivity index (χ2n) is 5.13. The predicted octanol–water partition coefficient (Wildman–Crippen LogP) is 3.20. The average molecular weight is 364 g/mol. The van der Waals surface area contributed by atoms with E-state index in [0.717, 1.165) is 5.75 Å². The normalized spacial score (nSPS) is 11.1. The van der Waals surface area contributed by atoms with E-state index >= 15 is 0 Å². The number of nitrogens with one attached hydrogen (secondary N) is 1. The molecule has 0 atom stereocenters. The molecule has 5 nitrogen and oxygen atoms in total. The van der Waals surface area contributed by atoms with E-state index in [9.17, 15) is 13.2 Å². The highest BCUT2D eigenvalue weighted by atomic mass is 32.2. The first kappa shape index (κ1) is 18.4. The first-order chi connectivity index (χ1) is 11.4. The topological polar surface area (TPSA) is 66.5 Å². The van der Waals surface area contributed by atoms with E-state index in [1.165, 1.54) is 23.5 Å². The SMILES string of the molecule is CSCCC(=O)Nc1cccc(S(=O)(=O)N(C)c2ccccc2)c1. The summed E-state index contributed by atoms with van der Waals surface area (Å²) in [5.74, 6) is 0.593. The van der Waals surface area contributed by atoms with Gasteiger partial charge in [-0.25, -0.2) is 8.42 Å². The maximum absolute atomic E-state index is 12.8. The van der Waals surface area contributed by atoms with Crippen molar-refractivity contribution in [3.63, 3.8) is 0 Å². The summed E-state index contributed by atoms with van der Waals surface area (Å²) in [4.78, 5) is 11.9. The molecule has 0 radical (unpaired) electrons. The summed E-state index contributed by atoms with van der Waals surface area (Å²) >= 11 is 1.59. The fourth-order valence-electron chi connectivity index (χ4n) is 2.09. The van der Waals surface area contributed by atoms with Crippen LogP contribution in [0.5, 0.6) is 0 Å². The third-order valence-electron chi connectivity index (χ3n) is 3.43. The van der Waals surface area contributed by atoms with E-state index in [1.54, 1.807) is 48.2 Å². The zero-order valence-corrected chi connectivity index (χ0v) is 15.2. The summed E-state index contributed by atoms with van der Waals surface area (Å²) in [7, 11) is -2.18. The van der Waals surface area contributed by atoms with Crippen LogP contribution in [0, 0.1) is 0 Å². The Bertz CT molecular complexity index is 792. The molecule has 2 rings (SSSR count). The molecular formula is C17H20N2O3S2. The summed E-state index contributed by atoms with van der Waals surface area (Å²) in [5.41, 5.74) is 1.05. The molecule has 1 amide bonds. The van der Waals surface area contributed by atoms with Gasteiger partial charge in [0.1, 0.15) is 0 Å². The molecule has 1 N–H and O–H groups in total. The van der Waals surface area contributed by atoms with Crippen LogP contribution in [-0.2, 0) is 14.8 Å².